The summed E-state index contributed by atoms with van der Waals surface area (Å²) in [6, 6.07) is 0. The molecule has 0 spiro atoms. The SMILES string of the molecule is CCSC=C1C[C@H]2C[C@@H](O)[C@H](C=C[C@@H](O)C3CCCC3)[C@H]2C1.CNC. The second kappa shape index (κ2) is 10.8. The number of allylic oxidation sites excluding steroid dienone is 1. The molecule has 0 unspecified atom stereocenters. The van der Waals surface area contributed by atoms with Crippen LogP contribution in [0.1, 0.15) is 51.9 Å². The summed E-state index contributed by atoms with van der Waals surface area (Å²) in [5, 5.41) is 25.8. The van der Waals surface area contributed by atoms with Crippen LogP contribution in [0.25, 0.3) is 0 Å². The van der Waals surface area contributed by atoms with Crippen LogP contribution in [0.2, 0.25) is 0 Å². The molecule has 3 nitrogen and oxygen atoms in total. The van der Waals surface area contributed by atoms with Gasteiger partial charge in [0.15, 0.2) is 0 Å². The third-order valence-electron chi connectivity index (χ3n) is 5.94. The Labute approximate surface area is 158 Å². The minimum Gasteiger partial charge on any atom is -0.392 e. The molecule has 25 heavy (non-hydrogen) atoms. The van der Waals surface area contributed by atoms with E-state index in [-0.39, 0.29) is 18.1 Å². The average Bonchev–Trinajstić information content (AvgIpc) is 3.28. The number of aliphatic hydroxyl groups excluding tert-OH is 2. The van der Waals surface area contributed by atoms with E-state index in [9.17, 15) is 10.2 Å². The van der Waals surface area contributed by atoms with Crippen molar-refractivity contribution in [2.45, 2.75) is 64.1 Å². The molecule has 0 aromatic carbocycles. The third kappa shape index (κ3) is 5.85. The third-order valence-corrected chi connectivity index (χ3v) is 6.77. The van der Waals surface area contributed by atoms with Crippen molar-refractivity contribution in [3.63, 3.8) is 0 Å². The fourth-order valence-electron chi connectivity index (χ4n) is 4.77. The molecular weight excluding hydrogens is 330 g/mol. The molecular formula is C21H37NO2S. The van der Waals surface area contributed by atoms with Crippen LogP contribution in [0, 0.1) is 23.7 Å². The maximum absolute atomic E-state index is 10.4. The van der Waals surface area contributed by atoms with Crippen molar-refractivity contribution in [1.29, 1.82) is 0 Å². The van der Waals surface area contributed by atoms with E-state index in [0.717, 1.165) is 31.4 Å². The highest BCUT2D eigenvalue weighted by molar-refractivity contribution is 8.02. The summed E-state index contributed by atoms with van der Waals surface area (Å²) in [5.41, 5.74) is 1.57. The van der Waals surface area contributed by atoms with Crippen LogP contribution < -0.4 is 5.32 Å². The van der Waals surface area contributed by atoms with Gasteiger partial charge < -0.3 is 15.5 Å². The lowest BCUT2D eigenvalue weighted by Crippen LogP contribution is -2.19. The number of hydrogen-bond donors (Lipinski definition) is 3. The van der Waals surface area contributed by atoms with Gasteiger partial charge in [0.1, 0.15) is 0 Å². The van der Waals surface area contributed by atoms with Gasteiger partial charge in [0.05, 0.1) is 12.2 Å². The van der Waals surface area contributed by atoms with Crippen LogP contribution in [-0.2, 0) is 0 Å². The predicted octanol–water partition coefficient (Wildman–Crippen LogP) is 3.97. The van der Waals surface area contributed by atoms with Gasteiger partial charge in [-0.3, -0.25) is 0 Å². The Bertz CT molecular complexity index is 445. The summed E-state index contributed by atoms with van der Waals surface area (Å²) in [6.07, 6.45) is 11.7. The van der Waals surface area contributed by atoms with Gasteiger partial charge in [-0.15, -0.1) is 11.8 Å². The van der Waals surface area contributed by atoms with Gasteiger partial charge in [-0.2, -0.15) is 0 Å². The number of aliphatic hydroxyl groups is 2. The topological polar surface area (TPSA) is 52.5 Å². The van der Waals surface area contributed by atoms with Crippen LogP contribution in [0.4, 0.5) is 0 Å². The first-order valence-electron chi connectivity index (χ1n) is 10.0. The van der Waals surface area contributed by atoms with E-state index in [0.29, 0.717) is 17.8 Å². The Morgan fingerprint density at radius 1 is 1.24 bits per heavy atom. The monoisotopic (exact) mass is 367 g/mol. The normalized spacial score (nSPS) is 35.2. The van der Waals surface area contributed by atoms with Gasteiger partial charge in [0.2, 0.25) is 0 Å². The first-order valence-corrected chi connectivity index (χ1v) is 11.1. The van der Waals surface area contributed by atoms with Crippen LogP contribution in [0.5, 0.6) is 0 Å². The minimum absolute atomic E-state index is 0.206. The first-order chi connectivity index (χ1) is 12.1. The van der Waals surface area contributed by atoms with Crippen LogP contribution in [0.3, 0.4) is 0 Å². The molecule has 0 aromatic heterocycles. The first kappa shape index (κ1) is 21.0. The minimum atomic E-state index is -0.305. The zero-order chi connectivity index (χ0) is 18.2. The van der Waals surface area contributed by atoms with Crippen molar-refractivity contribution >= 4 is 11.8 Å². The standard InChI is InChI=1S/C19H30O2S.C2H7N/c1-2-22-12-13-9-15-11-19(21)16(17(15)10-13)7-8-18(20)14-5-3-4-6-14;1-3-2/h7-8,12,14-21H,2-6,9-11H2,1H3;3H,1-2H3/t15-,16+,17-,18+,19+;/m0./s1. The van der Waals surface area contributed by atoms with Gasteiger partial charge >= 0.3 is 0 Å². The second-order valence-electron chi connectivity index (χ2n) is 7.86. The summed E-state index contributed by atoms with van der Waals surface area (Å²) >= 11 is 1.90. The molecule has 144 valence electrons. The second-order valence-corrected chi connectivity index (χ2v) is 9.01. The number of fused-ring (bicyclic) bond motifs is 1. The van der Waals surface area contributed by atoms with Gasteiger partial charge in [0.25, 0.3) is 0 Å². The molecule has 0 bridgehead atoms. The molecule has 0 amide bonds. The lowest BCUT2D eigenvalue weighted by molar-refractivity contribution is 0.135. The van der Waals surface area contributed by atoms with E-state index in [4.69, 9.17) is 0 Å². The predicted molar refractivity (Wildman–Crippen MR) is 109 cm³/mol. The Hall–Kier alpha value is -0.290. The van der Waals surface area contributed by atoms with E-state index >= 15 is 0 Å². The molecule has 0 aliphatic heterocycles. The van der Waals surface area contributed by atoms with E-state index in [1.54, 1.807) is 5.57 Å². The summed E-state index contributed by atoms with van der Waals surface area (Å²) in [6.45, 7) is 2.19. The van der Waals surface area contributed by atoms with Crippen LogP contribution in [0.15, 0.2) is 23.1 Å². The highest BCUT2D eigenvalue weighted by atomic mass is 32.2. The Morgan fingerprint density at radius 3 is 2.56 bits per heavy atom. The zero-order valence-corrected chi connectivity index (χ0v) is 17.0. The molecule has 3 aliphatic carbocycles. The molecule has 3 saturated carbocycles. The highest BCUT2D eigenvalue weighted by Gasteiger charge is 2.45. The van der Waals surface area contributed by atoms with Crippen LogP contribution >= 0.6 is 11.8 Å². The summed E-state index contributed by atoms with van der Waals surface area (Å²) < 4.78 is 0. The van der Waals surface area contributed by atoms with E-state index in [1.165, 1.54) is 19.3 Å². The summed E-state index contributed by atoms with van der Waals surface area (Å²) in [5.74, 6) is 3.07. The van der Waals surface area contributed by atoms with Crippen molar-refractivity contribution < 1.29 is 10.2 Å². The molecule has 0 aromatic rings. The number of nitrogens with one attached hydrogen (secondary N) is 1. The van der Waals surface area contributed by atoms with Crippen molar-refractivity contribution in [1.82, 2.24) is 5.32 Å². The molecule has 3 aliphatic rings. The number of rotatable bonds is 5. The molecule has 3 rings (SSSR count). The van der Waals surface area contributed by atoms with Gasteiger partial charge in [-0.05, 0) is 75.1 Å². The zero-order valence-electron chi connectivity index (χ0n) is 16.2. The quantitative estimate of drug-likeness (QED) is 0.644. The highest BCUT2D eigenvalue weighted by Crippen LogP contribution is 2.50. The summed E-state index contributed by atoms with van der Waals surface area (Å²) in [4.78, 5) is 0. The molecule has 3 fully saturated rings. The lowest BCUT2D eigenvalue weighted by Gasteiger charge is -2.19. The fourth-order valence-corrected chi connectivity index (χ4v) is 5.36. The van der Waals surface area contributed by atoms with Crippen LogP contribution in [-0.4, -0.2) is 42.3 Å². The molecule has 0 saturated heterocycles. The maximum Gasteiger partial charge on any atom is 0.0749 e. The van der Waals surface area contributed by atoms with E-state index < -0.39 is 0 Å². The number of hydrogen-bond acceptors (Lipinski definition) is 4. The molecule has 0 heterocycles. The van der Waals surface area contributed by atoms with Gasteiger partial charge in [0, 0.05) is 5.92 Å². The smallest absolute Gasteiger partial charge is 0.0749 e. The average molecular weight is 368 g/mol. The van der Waals surface area contributed by atoms with Crippen molar-refractivity contribution in [2.75, 3.05) is 19.8 Å². The van der Waals surface area contributed by atoms with Crippen molar-refractivity contribution in [3.8, 4) is 0 Å². The lowest BCUT2D eigenvalue weighted by atomic mass is 9.89. The van der Waals surface area contributed by atoms with Crippen molar-refractivity contribution in [2.24, 2.45) is 23.7 Å². The summed E-state index contributed by atoms with van der Waals surface area (Å²) in [7, 11) is 3.75. The Balaban J connectivity index is 0.000000701. The van der Waals surface area contributed by atoms with Crippen molar-refractivity contribution in [3.05, 3.63) is 23.1 Å². The largest absolute Gasteiger partial charge is 0.392 e. The Kier molecular flexibility index (Phi) is 9.05. The fraction of sp³-hybridized carbons (Fsp3) is 0.810. The van der Waals surface area contributed by atoms with E-state index in [2.05, 4.69) is 23.7 Å². The molecule has 0 radical (unpaired) electrons. The molecule has 3 N–H and O–H groups in total. The van der Waals surface area contributed by atoms with Gasteiger partial charge in [-0.1, -0.05) is 37.5 Å². The molecule has 4 heteroatoms. The maximum atomic E-state index is 10.4. The van der Waals surface area contributed by atoms with Gasteiger partial charge in [-0.25, -0.2) is 0 Å². The van der Waals surface area contributed by atoms with E-state index in [1.807, 2.05) is 31.9 Å². The number of thioether (sulfide) groups is 1. The molecule has 5 atom stereocenters. The Morgan fingerprint density at radius 2 is 1.92 bits per heavy atom.